The lowest BCUT2D eigenvalue weighted by molar-refractivity contribution is -0.119. The molecule has 1 saturated carbocycles. The highest BCUT2D eigenvalue weighted by Crippen LogP contribution is 2.26. The summed E-state index contributed by atoms with van der Waals surface area (Å²) in [4.78, 5) is 25.2. The molecule has 1 aliphatic carbocycles. The molecule has 1 aromatic heterocycles. The molecule has 1 aliphatic rings. The first-order valence-electron chi connectivity index (χ1n) is 5.91. The summed E-state index contributed by atoms with van der Waals surface area (Å²) in [6.07, 6.45) is 4.18. The summed E-state index contributed by atoms with van der Waals surface area (Å²) in [7, 11) is 0. The van der Waals surface area contributed by atoms with Crippen LogP contribution in [0.2, 0.25) is 0 Å². The smallest absolute Gasteiger partial charge is 0.255 e. The lowest BCUT2D eigenvalue weighted by atomic mass is 10.1. The summed E-state index contributed by atoms with van der Waals surface area (Å²) < 4.78 is 1.07. The van der Waals surface area contributed by atoms with Crippen molar-refractivity contribution in [1.29, 1.82) is 0 Å². The standard InChI is InChI=1S/C12H15IN2O2S/c13-10-5-8(7-18-10)12(17)15(6-11(14)16)9-3-1-2-4-9/h5,7,9H,1-4,6H2,(H2,14,16). The Bertz CT molecular complexity index is 455. The van der Waals surface area contributed by atoms with Gasteiger partial charge in [-0.2, -0.15) is 0 Å². The van der Waals surface area contributed by atoms with Crippen LogP contribution in [0.5, 0.6) is 0 Å². The number of nitrogens with zero attached hydrogens (tertiary/aromatic N) is 1. The molecule has 6 heteroatoms. The number of hydrogen-bond acceptors (Lipinski definition) is 3. The molecule has 0 unspecified atom stereocenters. The quantitative estimate of drug-likeness (QED) is 0.817. The third-order valence-corrected chi connectivity index (χ3v) is 4.96. The van der Waals surface area contributed by atoms with Crippen molar-refractivity contribution < 1.29 is 9.59 Å². The molecule has 0 saturated heterocycles. The van der Waals surface area contributed by atoms with Gasteiger partial charge in [0.15, 0.2) is 0 Å². The molecule has 0 aromatic carbocycles. The highest BCUT2D eigenvalue weighted by Gasteiger charge is 2.28. The number of halogens is 1. The molecule has 1 aromatic rings. The van der Waals surface area contributed by atoms with Gasteiger partial charge in [0.1, 0.15) is 0 Å². The molecule has 1 heterocycles. The Morgan fingerprint density at radius 2 is 2.11 bits per heavy atom. The van der Waals surface area contributed by atoms with E-state index in [9.17, 15) is 9.59 Å². The van der Waals surface area contributed by atoms with Gasteiger partial charge in [0.2, 0.25) is 5.91 Å². The predicted octanol–water partition coefficient (Wildman–Crippen LogP) is 2.22. The van der Waals surface area contributed by atoms with Gasteiger partial charge in [-0.15, -0.1) is 11.3 Å². The van der Waals surface area contributed by atoms with Crippen LogP contribution in [0.1, 0.15) is 36.0 Å². The SMILES string of the molecule is NC(=O)CN(C(=O)c1csc(I)c1)C1CCCC1. The van der Waals surface area contributed by atoms with Crippen LogP contribution in [0.3, 0.4) is 0 Å². The maximum atomic E-state index is 12.4. The lowest BCUT2D eigenvalue weighted by Crippen LogP contribution is -2.44. The fraction of sp³-hybridized carbons (Fsp3) is 0.500. The third-order valence-electron chi connectivity index (χ3n) is 3.17. The second-order valence-electron chi connectivity index (χ2n) is 4.48. The van der Waals surface area contributed by atoms with E-state index < -0.39 is 5.91 Å². The highest BCUT2D eigenvalue weighted by atomic mass is 127. The number of thiophene rings is 1. The minimum absolute atomic E-state index is 0.0237. The van der Waals surface area contributed by atoms with Gasteiger partial charge in [-0.3, -0.25) is 9.59 Å². The molecule has 2 rings (SSSR count). The van der Waals surface area contributed by atoms with Crippen molar-refractivity contribution in [3.8, 4) is 0 Å². The van der Waals surface area contributed by atoms with Crippen LogP contribution in [-0.2, 0) is 4.79 Å². The Morgan fingerprint density at radius 1 is 1.44 bits per heavy atom. The van der Waals surface area contributed by atoms with Gasteiger partial charge >= 0.3 is 0 Å². The molecule has 0 spiro atoms. The van der Waals surface area contributed by atoms with Gasteiger partial charge in [0, 0.05) is 11.4 Å². The van der Waals surface area contributed by atoms with Crippen molar-refractivity contribution in [3.05, 3.63) is 19.9 Å². The Kier molecular flexibility index (Phi) is 4.60. The van der Waals surface area contributed by atoms with Crippen molar-refractivity contribution in [2.24, 2.45) is 5.73 Å². The Hall–Kier alpha value is -0.630. The molecule has 0 aliphatic heterocycles. The van der Waals surface area contributed by atoms with E-state index >= 15 is 0 Å². The summed E-state index contributed by atoms with van der Waals surface area (Å²) in [6, 6.07) is 2.03. The van der Waals surface area contributed by atoms with Gasteiger partial charge in [-0.1, -0.05) is 12.8 Å². The van der Waals surface area contributed by atoms with E-state index in [0.717, 1.165) is 28.6 Å². The summed E-state index contributed by atoms with van der Waals surface area (Å²) in [5.41, 5.74) is 5.91. The maximum absolute atomic E-state index is 12.4. The van der Waals surface area contributed by atoms with Crippen molar-refractivity contribution in [1.82, 2.24) is 4.90 Å². The van der Waals surface area contributed by atoms with E-state index in [1.807, 2.05) is 11.4 Å². The van der Waals surface area contributed by atoms with Crippen LogP contribution < -0.4 is 5.73 Å². The normalized spacial score (nSPS) is 15.8. The van der Waals surface area contributed by atoms with Crippen LogP contribution in [0.25, 0.3) is 0 Å². The predicted molar refractivity (Wildman–Crippen MR) is 79.5 cm³/mol. The number of carbonyl (C=O) groups excluding carboxylic acids is 2. The van der Waals surface area contributed by atoms with E-state index in [2.05, 4.69) is 22.6 Å². The van der Waals surface area contributed by atoms with Gasteiger partial charge < -0.3 is 10.6 Å². The minimum Gasteiger partial charge on any atom is -0.368 e. The molecule has 0 radical (unpaired) electrons. The minimum atomic E-state index is -0.444. The molecule has 2 amide bonds. The first kappa shape index (κ1) is 13.8. The van der Waals surface area contributed by atoms with E-state index in [0.29, 0.717) is 5.56 Å². The van der Waals surface area contributed by atoms with Gasteiger partial charge in [-0.05, 0) is 41.5 Å². The average Bonchev–Trinajstić information content (AvgIpc) is 2.95. The molecule has 0 bridgehead atoms. The molecule has 18 heavy (non-hydrogen) atoms. The zero-order chi connectivity index (χ0) is 13.1. The molecule has 2 N–H and O–H groups in total. The number of primary amides is 1. The van der Waals surface area contributed by atoms with Crippen molar-refractivity contribution in [2.45, 2.75) is 31.7 Å². The van der Waals surface area contributed by atoms with Crippen LogP contribution in [0, 0.1) is 2.88 Å². The molecular weight excluding hydrogens is 363 g/mol. The number of rotatable bonds is 4. The Morgan fingerprint density at radius 3 is 2.61 bits per heavy atom. The van der Waals surface area contributed by atoms with E-state index in [4.69, 9.17) is 5.73 Å². The first-order chi connectivity index (χ1) is 8.58. The Balaban J connectivity index is 2.17. The summed E-state index contributed by atoms with van der Waals surface area (Å²) >= 11 is 3.72. The number of amides is 2. The Labute approximate surface area is 124 Å². The van der Waals surface area contributed by atoms with Gasteiger partial charge in [-0.25, -0.2) is 0 Å². The monoisotopic (exact) mass is 378 g/mol. The summed E-state index contributed by atoms with van der Waals surface area (Å²) in [6.45, 7) is 0.0237. The summed E-state index contributed by atoms with van der Waals surface area (Å²) in [5, 5.41) is 1.84. The maximum Gasteiger partial charge on any atom is 0.255 e. The van der Waals surface area contributed by atoms with E-state index in [-0.39, 0.29) is 18.5 Å². The molecule has 1 fully saturated rings. The van der Waals surface area contributed by atoms with E-state index in [1.54, 1.807) is 4.90 Å². The number of carbonyl (C=O) groups is 2. The van der Waals surface area contributed by atoms with Crippen molar-refractivity contribution in [3.63, 3.8) is 0 Å². The molecular formula is C12H15IN2O2S. The van der Waals surface area contributed by atoms with Crippen molar-refractivity contribution in [2.75, 3.05) is 6.54 Å². The summed E-state index contributed by atoms with van der Waals surface area (Å²) in [5.74, 6) is -0.514. The van der Waals surface area contributed by atoms with Crippen LogP contribution in [-0.4, -0.2) is 29.3 Å². The second-order valence-corrected chi connectivity index (χ2v) is 7.28. The van der Waals surface area contributed by atoms with Crippen LogP contribution >= 0.6 is 33.9 Å². The highest BCUT2D eigenvalue weighted by molar-refractivity contribution is 14.1. The zero-order valence-corrected chi connectivity index (χ0v) is 12.9. The van der Waals surface area contributed by atoms with Gasteiger partial charge in [0.05, 0.1) is 15.0 Å². The van der Waals surface area contributed by atoms with Gasteiger partial charge in [0.25, 0.3) is 5.91 Å². The fourth-order valence-corrected chi connectivity index (χ4v) is 3.66. The fourth-order valence-electron chi connectivity index (χ4n) is 2.34. The number of hydrogen-bond donors (Lipinski definition) is 1. The third kappa shape index (κ3) is 3.23. The second kappa shape index (κ2) is 6.01. The first-order valence-corrected chi connectivity index (χ1v) is 7.87. The molecule has 4 nitrogen and oxygen atoms in total. The van der Waals surface area contributed by atoms with Crippen LogP contribution in [0.4, 0.5) is 0 Å². The molecule has 98 valence electrons. The van der Waals surface area contributed by atoms with E-state index in [1.165, 1.54) is 11.3 Å². The zero-order valence-electron chi connectivity index (χ0n) is 9.89. The van der Waals surface area contributed by atoms with Crippen LogP contribution in [0.15, 0.2) is 11.4 Å². The topological polar surface area (TPSA) is 63.4 Å². The average molecular weight is 378 g/mol. The van der Waals surface area contributed by atoms with Crippen molar-refractivity contribution >= 4 is 45.7 Å². The largest absolute Gasteiger partial charge is 0.368 e. The number of nitrogens with two attached hydrogens (primary N) is 1. The lowest BCUT2D eigenvalue weighted by Gasteiger charge is -2.27. The molecule has 0 atom stereocenters.